The van der Waals surface area contributed by atoms with Crippen LogP contribution in [-0.2, 0) is 9.59 Å². The molecule has 4 fully saturated rings. The van der Waals surface area contributed by atoms with E-state index in [1.807, 2.05) is 24.3 Å². The molecule has 1 heterocycles. The predicted octanol–water partition coefficient (Wildman–Crippen LogP) is 3.06. The van der Waals surface area contributed by atoms with Crippen LogP contribution in [0.2, 0.25) is 0 Å². The number of ether oxygens (including phenoxy) is 2. The van der Waals surface area contributed by atoms with Crippen molar-refractivity contribution in [2.45, 2.75) is 57.5 Å². The fraction of sp³-hybridized carbons (Fsp3) is 0.667. The Morgan fingerprint density at radius 2 is 1.63 bits per heavy atom. The standard InChI is InChI=1S/C24H32N2O4/c27-22(26-14-19-15-29-20-4-1-2-5-21(20)30-19)6-3-7-25-23(28)24-11-16-8-17(12-24)10-18(9-16)13-24/h1-2,4-5,16-19H,3,6-15H2,(H,25,28)(H,26,27)/t16?,17?,18?,19-,24?/m1/s1. The van der Waals surface area contributed by atoms with Crippen molar-refractivity contribution in [3.05, 3.63) is 24.3 Å². The highest BCUT2D eigenvalue weighted by Gasteiger charge is 2.54. The average molecular weight is 413 g/mol. The first-order valence-corrected chi connectivity index (χ1v) is 11.5. The van der Waals surface area contributed by atoms with E-state index in [0.717, 1.165) is 48.5 Å². The number of amides is 2. The maximum atomic E-state index is 12.9. The molecule has 162 valence electrons. The SMILES string of the molecule is O=C(CCCNC(=O)C12CC3CC(CC(C3)C1)C2)NC[C@@H]1COc2ccccc2O1. The fourth-order valence-electron chi connectivity index (χ4n) is 6.51. The first-order chi connectivity index (χ1) is 14.6. The van der Waals surface area contributed by atoms with Crippen molar-refractivity contribution in [1.29, 1.82) is 0 Å². The van der Waals surface area contributed by atoms with Gasteiger partial charge in [-0.05, 0) is 74.8 Å². The molecule has 30 heavy (non-hydrogen) atoms. The molecule has 4 saturated carbocycles. The van der Waals surface area contributed by atoms with Gasteiger partial charge < -0.3 is 20.1 Å². The number of carbonyl (C=O) groups is 2. The van der Waals surface area contributed by atoms with Gasteiger partial charge in [-0.25, -0.2) is 0 Å². The van der Waals surface area contributed by atoms with Gasteiger partial charge in [-0.1, -0.05) is 12.1 Å². The molecule has 1 aromatic carbocycles. The molecule has 1 atom stereocenters. The Labute approximate surface area is 178 Å². The quantitative estimate of drug-likeness (QED) is 0.675. The van der Waals surface area contributed by atoms with Gasteiger partial charge in [0.1, 0.15) is 12.7 Å². The van der Waals surface area contributed by atoms with Crippen molar-refractivity contribution in [1.82, 2.24) is 10.6 Å². The number of rotatable bonds is 7. The van der Waals surface area contributed by atoms with E-state index in [0.29, 0.717) is 32.5 Å². The summed E-state index contributed by atoms with van der Waals surface area (Å²) in [6, 6.07) is 7.56. The van der Waals surface area contributed by atoms with Crippen molar-refractivity contribution in [3.8, 4) is 11.5 Å². The minimum atomic E-state index is -0.181. The van der Waals surface area contributed by atoms with Crippen LogP contribution in [0.3, 0.4) is 0 Å². The van der Waals surface area contributed by atoms with Gasteiger partial charge in [0.15, 0.2) is 11.5 Å². The van der Waals surface area contributed by atoms with E-state index in [9.17, 15) is 9.59 Å². The highest BCUT2D eigenvalue weighted by Crippen LogP contribution is 2.60. The lowest BCUT2D eigenvalue weighted by molar-refractivity contribution is -0.146. The van der Waals surface area contributed by atoms with Crippen LogP contribution in [0.4, 0.5) is 0 Å². The Kier molecular flexibility index (Phi) is 5.34. The topological polar surface area (TPSA) is 76.7 Å². The zero-order valence-corrected chi connectivity index (χ0v) is 17.5. The molecular weight excluding hydrogens is 380 g/mol. The summed E-state index contributed by atoms with van der Waals surface area (Å²) in [5.74, 6) is 4.00. The average Bonchev–Trinajstić information content (AvgIpc) is 2.74. The van der Waals surface area contributed by atoms with Gasteiger partial charge in [0.25, 0.3) is 0 Å². The fourth-order valence-corrected chi connectivity index (χ4v) is 6.51. The molecule has 0 saturated heterocycles. The van der Waals surface area contributed by atoms with Gasteiger partial charge in [-0.3, -0.25) is 9.59 Å². The second-order valence-electron chi connectivity index (χ2n) is 9.86. The molecule has 5 aliphatic rings. The van der Waals surface area contributed by atoms with Gasteiger partial charge in [-0.2, -0.15) is 0 Å². The van der Waals surface area contributed by atoms with Gasteiger partial charge in [0, 0.05) is 18.4 Å². The first-order valence-electron chi connectivity index (χ1n) is 11.5. The van der Waals surface area contributed by atoms with Crippen molar-refractivity contribution in [2.75, 3.05) is 19.7 Å². The van der Waals surface area contributed by atoms with Crippen LogP contribution < -0.4 is 20.1 Å². The zero-order valence-electron chi connectivity index (χ0n) is 17.5. The molecule has 0 unspecified atom stereocenters. The lowest BCUT2D eigenvalue weighted by Gasteiger charge is -2.55. The van der Waals surface area contributed by atoms with E-state index in [-0.39, 0.29) is 23.3 Å². The Morgan fingerprint density at radius 1 is 0.967 bits per heavy atom. The summed E-state index contributed by atoms with van der Waals surface area (Å²) in [6.45, 7) is 1.43. The molecule has 2 amide bonds. The molecule has 0 aromatic heterocycles. The lowest BCUT2D eigenvalue weighted by Crippen LogP contribution is -2.53. The molecule has 0 radical (unpaired) electrons. The number of hydrogen-bond acceptors (Lipinski definition) is 4. The molecule has 6 nitrogen and oxygen atoms in total. The number of benzene rings is 1. The third kappa shape index (κ3) is 4.01. The summed E-state index contributed by atoms with van der Waals surface area (Å²) in [5.41, 5.74) is -0.106. The van der Waals surface area contributed by atoms with Crippen LogP contribution in [0.15, 0.2) is 24.3 Å². The van der Waals surface area contributed by atoms with E-state index in [1.165, 1.54) is 19.3 Å². The molecule has 2 N–H and O–H groups in total. The highest BCUT2D eigenvalue weighted by molar-refractivity contribution is 5.83. The van der Waals surface area contributed by atoms with Crippen molar-refractivity contribution >= 4 is 11.8 Å². The van der Waals surface area contributed by atoms with Crippen LogP contribution in [0, 0.1) is 23.2 Å². The number of fused-ring (bicyclic) bond motifs is 1. The number of hydrogen-bond donors (Lipinski definition) is 2. The normalized spacial score (nSPS) is 33.2. The molecule has 1 aromatic rings. The van der Waals surface area contributed by atoms with E-state index in [1.54, 1.807) is 0 Å². The van der Waals surface area contributed by atoms with Gasteiger partial charge >= 0.3 is 0 Å². The smallest absolute Gasteiger partial charge is 0.226 e. The van der Waals surface area contributed by atoms with Crippen molar-refractivity contribution in [2.24, 2.45) is 23.2 Å². The number of carbonyl (C=O) groups excluding carboxylic acids is 2. The summed E-state index contributed by atoms with van der Waals surface area (Å²) < 4.78 is 11.5. The Morgan fingerprint density at radius 3 is 2.33 bits per heavy atom. The monoisotopic (exact) mass is 412 g/mol. The van der Waals surface area contributed by atoms with E-state index in [2.05, 4.69) is 10.6 Å². The third-order valence-corrected chi connectivity index (χ3v) is 7.48. The highest BCUT2D eigenvalue weighted by atomic mass is 16.6. The summed E-state index contributed by atoms with van der Waals surface area (Å²) in [4.78, 5) is 25.1. The predicted molar refractivity (Wildman–Crippen MR) is 112 cm³/mol. The van der Waals surface area contributed by atoms with Crippen molar-refractivity contribution < 1.29 is 19.1 Å². The van der Waals surface area contributed by atoms with Crippen LogP contribution in [0.25, 0.3) is 0 Å². The number of para-hydroxylation sites is 2. The zero-order chi connectivity index (χ0) is 20.6. The second-order valence-corrected chi connectivity index (χ2v) is 9.86. The Bertz CT molecular complexity index is 773. The summed E-state index contributed by atoms with van der Waals surface area (Å²) >= 11 is 0. The summed E-state index contributed by atoms with van der Waals surface area (Å²) in [7, 11) is 0. The van der Waals surface area contributed by atoms with Crippen molar-refractivity contribution in [3.63, 3.8) is 0 Å². The van der Waals surface area contributed by atoms with E-state index in [4.69, 9.17) is 9.47 Å². The minimum Gasteiger partial charge on any atom is -0.486 e. The minimum absolute atomic E-state index is 0.0125. The van der Waals surface area contributed by atoms with Crippen LogP contribution in [0.5, 0.6) is 11.5 Å². The molecule has 6 rings (SSSR count). The van der Waals surface area contributed by atoms with Gasteiger partial charge in [0.05, 0.1) is 6.54 Å². The Balaban J connectivity index is 1.00. The first kappa shape index (κ1) is 19.7. The van der Waals surface area contributed by atoms with Crippen LogP contribution in [0.1, 0.15) is 51.4 Å². The molecule has 4 bridgehead atoms. The molecule has 0 spiro atoms. The third-order valence-electron chi connectivity index (χ3n) is 7.48. The van der Waals surface area contributed by atoms with Crippen LogP contribution >= 0.6 is 0 Å². The molecule has 1 aliphatic heterocycles. The lowest BCUT2D eigenvalue weighted by atomic mass is 9.49. The largest absolute Gasteiger partial charge is 0.486 e. The van der Waals surface area contributed by atoms with Gasteiger partial charge in [0.2, 0.25) is 11.8 Å². The molecule has 6 heteroatoms. The van der Waals surface area contributed by atoms with Gasteiger partial charge in [-0.15, -0.1) is 0 Å². The maximum absolute atomic E-state index is 12.9. The maximum Gasteiger partial charge on any atom is 0.226 e. The van der Waals surface area contributed by atoms with E-state index >= 15 is 0 Å². The second kappa shape index (κ2) is 8.12. The molecular formula is C24H32N2O4. The summed E-state index contributed by atoms with van der Waals surface area (Å²) in [5, 5.41) is 6.07. The number of nitrogens with one attached hydrogen (secondary N) is 2. The van der Waals surface area contributed by atoms with Crippen LogP contribution in [-0.4, -0.2) is 37.6 Å². The Hall–Kier alpha value is -2.24. The molecule has 4 aliphatic carbocycles. The van der Waals surface area contributed by atoms with E-state index < -0.39 is 0 Å². The summed E-state index contributed by atoms with van der Waals surface area (Å²) in [6.07, 6.45) is 8.16.